The number of likely N-dealkylation sites (tertiary alicyclic amines) is 2. The molecule has 5 fully saturated rings. The molecule has 3 atom stereocenters. The van der Waals surface area contributed by atoms with Crippen molar-refractivity contribution in [2.24, 2.45) is 11.8 Å². The molecule has 2 unspecified atom stereocenters. The quantitative estimate of drug-likeness (QED) is 0.113. The maximum Gasteiger partial charge on any atom is 0.319 e. The van der Waals surface area contributed by atoms with Gasteiger partial charge in [0.05, 0.1) is 29.2 Å². The van der Waals surface area contributed by atoms with Gasteiger partial charge < -0.3 is 29.6 Å². The minimum absolute atomic E-state index is 0.00347. The van der Waals surface area contributed by atoms with Crippen LogP contribution in [0, 0.1) is 29.3 Å². The number of aliphatic hydroxyl groups is 1. The predicted molar refractivity (Wildman–Crippen MR) is 254 cm³/mol. The highest BCUT2D eigenvalue weighted by atomic mass is 19.1. The maximum absolute atomic E-state index is 17.1. The number of carbonyl (C=O) groups is 2. The smallest absolute Gasteiger partial charge is 0.319 e. The van der Waals surface area contributed by atoms with Crippen molar-refractivity contribution in [3.63, 3.8) is 0 Å². The van der Waals surface area contributed by atoms with Crippen LogP contribution < -0.4 is 19.9 Å². The third kappa shape index (κ3) is 9.43. The van der Waals surface area contributed by atoms with Gasteiger partial charge in [0.15, 0.2) is 5.82 Å². The Hall–Kier alpha value is -5.58. The van der Waals surface area contributed by atoms with E-state index >= 15 is 13.2 Å². The number of rotatable bonds is 11. The molecule has 0 spiro atoms. The topological polar surface area (TPSA) is 147 Å². The van der Waals surface area contributed by atoms with Gasteiger partial charge in [0, 0.05) is 69.4 Å². The van der Waals surface area contributed by atoms with E-state index in [4.69, 9.17) is 9.72 Å². The molecular formula is C52H61F3N8O5. The Morgan fingerprint density at radius 3 is 2.43 bits per heavy atom. The number of phenolic OH excluding ortho intramolecular Hbond substituents is 1. The van der Waals surface area contributed by atoms with Gasteiger partial charge in [-0.1, -0.05) is 19.1 Å². The second-order valence-electron chi connectivity index (χ2n) is 20.1. The lowest BCUT2D eigenvalue weighted by atomic mass is 9.90. The summed E-state index contributed by atoms with van der Waals surface area (Å²) in [4.78, 5) is 47.2. The number of hydrogen-bond acceptors (Lipinski definition) is 12. The first-order valence-electron chi connectivity index (χ1n) is 24.6. The number of anilines is 2. The number of carbonyl (C=O) groups excluding carboxylic acids is 2. The number of aromatic hydroxyl groups is 1. The lowest BCUT2D eigenvalue weighted by molar-refractivity contribution is -0.134. The van der Waals surface area contributed by atoms with E-state index in [0.29, 0.717) is 89.7 Å². The Bertz CT molecular complexity index is 2720. The zero-order valence-corrected chi connectivity index (χ0v) is 39.0. The summed E-state index contributed by atoms with van der Waals surface area (Å²) in [6.07, 6.45) is 9.00. The number of nitrogens with one attached hydrogen (secondary N) is 1. The largest absolute Gasteiger partial charge is 0.508 e. The van der Waals surface area contributed by atoms with E-state index in [2.05, 4.69) is 30.0 Å². The van der Waals surface area contributed by atoms with E-state index < -0.39 is 23.2 Å². The number of fused-ring (bicyclic) bond motifs is 2. The minimum atomic E-state index is -0.967. The fraction of sp³-hybridized carbons (Fsp3) is 0.519. The van der Waals surface area contributed by atoms with Gasteiger partial charge in [-0.3, -0.25) is 24.8 Å². The molecule has 3 aromatic carbocycles. The third-order valence-electron chi connectivity index (χ3n) is 15.3. The molecule has 5 aromatic rings. The number of aryl methyl sites for hydroxylation is 1. The minimum Gasteiger partial charge on any atom is -0.508 e. The average molecular weight is 935 g/mol. The zero-order chi connectivity index (χ0) is 47.3. The molecule has 0 saturated carbocycles. The molecule has 0 aliphatic carbocycles. The van der Waals surface area contributed by atoms with E-state index in [1.165, 1.54) is 30.5 Å². The molecule has 68 heavy (non-hydrogen) atoms. The molecule has 3 N–H and O–H groups in total. The monoisotopic (exact) mass is 934 g/mol. The Kier molecular flexibility index (Phi) is 12.9. The van der Waals surface area contributed by atoms with Crippen LogP contribution in [-0.2, 0) is 16.0 Å². The number of imide groups is 1. The van der Waals surface area contributed by atoms with E-state index in [1.807, 2.05) is 17.9 Å². The summed E-state index contributed by atoms with van der Waals surface area (Å²) in [7, 11) is 0. The molecule has 2 amide bonds. The molecule has 7 heterocycles. The van der Waals surface area contributed by atoms with Crippen LogP contribution >= 0.6 is 0 Å². The lowest BCUT2D eigenvalue weighted by Gasteiger charge is -2.40. The first kappa shape index (κ1) is 46.2. The molecule has 10 rings (SSSR count). The number of aromatic nitrogens is 3. The van der Waals surface area contributed by atoms with Crippen molar-refractivity contribution in [2.45, 2.75) is 95.6 Å². The summed E-state index contributed by atoms with van der Waals surface area (Å²) < 4.78 is 53.9. The Morgan fingerprint density at radius 1 is 0.882 bits per heavy atom. The molecule has 360 valence electrons. The van der Waals surface area contributed by atoms with E-state index in [1.54, 1.807) is 19.1 Å². The first-order chi connectivity index (χ1) is 32.8. The van der Waals surface area contributed by atoms with Crippen LogP contribution in [0.25, 0.3) is 32.9 Å². The van der Waals surface area contributed by atoms with Crippen molar-refractivity contribution >= 4 is 45.0 Å². The van der Waals surface area contributed by atoms with Gasteiger partial charge in [-0.2, -0.15) is 9.97 Å². The summed E-state index contributed by atoms with van der Waals surface area (Å²) in [6, 6.07) is 11.5. The molecular weight excluding hydrogens is 874 g/mol. The number of phenols is 1. The van der Waals surface area contributed by atoms with Gasteiger partial charge in [0.25, 0.3) is 0 Å². The molecule has 13 nitrogen and oxygen atoms in total. The highest BCUT2D eigenvalue weighted by Crippen LogP contribution is 2.40. The van der Waals surface area contributed by atoms with Crippen LogP contribution in [0.1, 0.15) is 88.7 Å². The van der Waals surface area contributed by atoms with Crippen molar-refractivity contribution in [3.05, 3.63) is 77.2 Å². The number of nitrogens with zero attached hydrogens (tertiary/aromatic N) is 7. The molecule has 5 aliphatic heterocycles. The van der Waals surface area contributed by atoms with E-state index in [9.17, 15) is 19.8 Å². The molecule has 5 aliphatic rings. The fourth-order valence-corrected chi connectivity index (χ4v) is 11.7. The number of hydrogen-bond donors (Lipinski definition) is 3. The van der Waals surface area contributed by atoms with Crippen LogP contribution in [0.15, 0.2) is 48.7 Å². The summed E-state index contributed by atoms with van der Waals surface area (Å²) in [5.74, 6) is -1.49. The second kappa shape index (κ2) is 19.1. The Morgan fingerprint density at radius 2 is 1.68 bits per heavy atom. The standard InChI is InChI=1S/C52H61F3N8O5/c1-3-37-41(53)8-5-34-23-36(64)25-39(45(34)37)47-46(55)48-40(26-56-47)49(63-17-4-16-52(2,67)30-63)59-51(58-48)68-29-32-13-22-62(28-32)35-14-18-60(19-15-35)27-31-11-20-61(21-12-31)43-9-6-33(24-42(43)54)38-7-10-44(65)57-50(38)66/h5-6,8-9,23-26,31-32,35,38,64,67H,3-4,7,10-22,27-30H2,1-2H3,(H,57,65,66)/t32?,38?,52-/m1/s1. The Labute approximate surface area is 394 Å². The number of benzene rings is 3. The SMILES string of the molecule is CCc1c(F)ccc2cc(O)cc(-c3ncc4c(N5CCC[C@@](C)(O)C5)nc(OCC5CCN(C6CCN(CC7CCN(c8ccc(C9CCC(=O)NC9=O)cc8F)CC7)CC6)C5)nc4c3F)c12. The van der Waals surface area contributed by atoms with Gasteiger partial charge in [-0.15, -0.1) is 0 Å². The number of β-amino-alcohol motifs (C(OH)–C–C–N with tert-alkyl or cyclic N) is 1. The number of piperidine rings is 4. The van der Waals surface area contributed by atoms with Crippen molar-refractivity contribution in [1.29, 1.82) is 0 Å². The first-order valence-corrected chi connectivity index (χ1v) is 24.6. The van der Waals surface area contributed by atoms with Gasteiger partial charge in [0.2, 0.25) is 11.8 Å². The van der Waals surface area contributed by atoms with Crippen LogP contribution in [0.4, 0.5) is 24.7 Å². The van der Waals surface area contributed by atoms with Crippen molar-refractivity contribution in [2.75, 3.05) is 75.3 Å². The summed E-state index contributed by atoms with van der Waals surface area (Å²) in [5, 5.41) is 25.6. The predicted octanol–water partition coefficient (Wildman–Crippen LogP) is 7.48. The van der Waals surface area contributed by atoms with Gasteiger partial charge in [-0.05, 0) is 142 Å². The normalized spacial score (nSPS) is 23.8. The molecule has 0 bridgehead atoms. The van der Waals surface area contributed by atoms with Gasteiger partial charge >= 0.3 is 6.01 Å². The van der Waals surface area contributed by atoms with Gasteiger partial charge in [-0.25, -0.2) is 13.2 Å². The second-order valence-corrected chi connectivity index (χ2v) is 20.1. The summed E-state index contributed by atoms with van der Waals surface area (Å²) in [5.41, 5.74) is 0.828. The summed E-state index contributed by atoms with van der Waals surface area (Å²) in [6.45, 7) is 11.4. The van der Waals surface area contributed by atoms with E-state index in [0.717, 1.165) is 84.3 Å². The maximum atomic E-state index is 17.1. The number of ether oxygens (including phenoxy) is 1. The van der Waals surface area contributed by atoms with Crippen molar-refractivity contribution in [1.82, 2.24) is 30.1 Å². The molecule has 0 radical (unpaired) electrons. The number of pyridine rings is 1. The zero-order valence-electron chi connectivity index (χ0n) is 39.0. The van der Waals surface area contributed by atoms with Crippen LogP contribution in [-0.4, -0.2) is 124 Å². The lowest BCUT2D eigenvalue weighted by Crippen LogP contribution is -2.46. The van der Waals surface area contributed by atoms with Crippen molar-refractivity contribution in [3.8, 4) is 23.0 Å². The number of amides is 2. The highest BCUT2D eigenvalue weighted by molar-refractivity contribution is 6.02. The van der Waals surface area contributed by atoms with Crippen molar-refractivity contribution < 1.29 is 37.7 Å². The Balaban J connectivity index is 0.764. The highest BCUT2D eigenvalue weighted by Gasteiger charge is 2.35. The third-order valence-corrected chi connectivity index (χ3v) is 15.3. The van der Waals surface area contributed by atoms with Crippen LogP contribution in [0.3, 0.4) is 0 Å². The van der Waals surface area contributed by atoms with E-state index in [-0.39, 0.29) is 58.5 Å². The van der Waals surface area contributed by atoms with Gasteiger partial charge in [0.1, 0.15) is 34.4 Å². The molecule has 5 saturated heterocycles. The fourth-order valence-electron chi connectivity index (χ4n) is 11.7. The average Bonchev–Trinajstić information content (AvgIpc) is 3.80. The van der Waals surface area contributed by atoms with Crippen LogP contribution in [0.5, 0.6) is 11.8 Å². The van der Waals surface area contributed by atoms with Crippen LogP contribution in [0.2, 0.25) is 0 Å². The molecule has 16 heteroatoms. The summed E-state index contributed by atoms with van der Waals surface area (Å²) >= 11 is 0. The molecule has 2 aromatic heterocycles. The number of halogens is 3.